The number of aryl methyl sites for hydroxylation is 3. The lowest BCUT2D eigenvalue weighted by atomic mass is 9.87. The Bertz CT molecular complexity index is 891. The minimum atomic E-state index is -3.43. The molecule has 0 saturated carbocycles. The maximum Gasteiger partial charge on any atom is 0.252 e. The second-order valence-corrected chi connectivity index (χ2v) is 10.2. The zero-order valence-electron chi connectivity index (χ0n) is 14.8. The van der Waals surface area contributed by atoms with Gasteiger partial charge in [-0.15, -0.1) is 11.3 Å². The number of rotatable bonds is 4. The zero-order valence-corrected chi connectivity index (χ0v) is 16.4. The molecule has 2 aromatic rings. The maximum atomic E-state index is 12.8. The van der Waals surface area contributed by atoms with Gasteiger partial charge in [-0.05, 0) is 51.3 Å². The first kappa shape index (κ1) is 18.3. The molecule has 1 saturated heterocycles. The summed E-state index contributed by atoms with van der Waals surface area (Å²) in [6.45, 7) is 6.68. The van der Waals surface area contributed by atoms with Gasteiger partial charge in [-0.3, -0.25) is 4.79 Å². The molecule has 1 aliphatic heterocycles. The summed E-state index contributed by atoms with van der Waals surface area (Å²) in [6, 6.07) is 9.37. The molecule has 1 aromatic carbocycles. The molecule has 1 fully saturated rings. The van der Waals surface area contributed by atoms with Crippen LogP contribution in [0.2, 0.25) is 0 Å². The van der Waals surface area contributed by atoms with Crippen LogP contribution in [-0.4, -0.2) is 31.6 Å². The third-order valence-electron chi connectivity index (χ3n) is 4.78. The smallest absolute Gasteiger partial charge is 0.252 e. The number of ketones is 1. The molecule has 4 nitrogen and oxygen atoms in total. The van der Waals surface area contributed by atoms with Gasteiger partial charge in [0, 0.05) is 29.4 Å². The fourth-order valence-corrected chi connectivity index (χ4v) is 6.25. The minimum Gasteiger partial charge on any atom is -0.294 e. The summed E-state index contributed by atoms with van der Waals surface area (Å²) < 4.78 is 27.3. The van der Waals surface area contributed by atoms with Gasteiger partial charge >= 0.3 is 0 Å². The van der Waals surface area contributed by atoms with Crippen molar-refractivity contribution in [1.29, 1.82) is 0 Å². The maximum absolute atomic E-state index is 12.8. The number of hydrogen-bond donors (Lipinski definition) is 0. The Labute approximate surface area is 153 Å². The van der Waals surface area contributed by atoms with Gasteiger partial charge in [0.2, 0.25) is 0 Å². The first-order chi connectivity index (χ1) is 11.8. The number of piperidine rings is 1. The molecule has 0 bridgehead atoms. The molecule has 0 aliphatic carbocycles. The largest absolute Gasteiger partial charge is 0.294 e. The van der Waals surface area contributed by atoms with Gasteiger partial charge in [-0.2, -0.15) is 4.31 Å². The highest BCUT2D eigenvalue weighted by Gasteiger charge is 2.33. The molecule has 0 unspecified atom stereocenters. The zero-order chi connectivity index (χ0) is 18.2. The van der Waals surface area contributed by atoms with E-state index in [0.29, 0.717) is 30.1 Å². The molecule has 0 radical (unpaired) electrons. The lowest BCUT2D eigenvalue weighted by Gasteiger charge is -2.30. The van der Waals surface area contributed by atoms with Crippen LogP contribution in [0.3, 0.4) is 0 Å². The van der Waals surface area contributed by atoms with E-state index in [9.17, 15) is 13.2 Å². The van der Waals surface area contributed by atoms with Crippen LogP contribution in [0.1, 0.15) is 39.2 Å². The summed E-state index contributed by atoms with van der Waals surface area (Å²) in [6.07, 6.45) is 1.16. The normalized spacial score (nSPS) is 16.9. The second-order valence-electron chi connectivity index (χ2n) is 6.73. The molecule has 1 aliphatic rings. The SMILES string of the molecule is Cc1ccc(C(=O)C2CCN(S(=O)(=O)c3ccc(C)s3)CC2)c(C)c1. The van der Waals surface area contributed by atoms with Gasteiger partial charge in [-0.25, -0.2) is 8.42 Å². The lowest BCUT2D eigenvalue weighted by molar-refractivity contribution is 0.0874. The first-order valence-corrected chi connectivity index (χ1v) is 10.7. The number of nitrogens with zero attached hydrogens (tertiary/aromatic N) is 1. The van der Waals surface area contributed by atoms with Crippen molar-refractivity contribution in [3.05, 3.63) is 51.9 Å². The van der Waals surface area contributed by atoms with E-state index in [4.69, 9.17) is 0 Å². The highest BCUT2D eigenvalue weighted by Crippen LogP contribution is 2.30. The third kappa shape index (κ3) is 3.71. The number of carbonyl (C=O) groups excluding carboxylic acids is 1. The summed E-state index contributed by atoms with van der Waals surface area (Å²) in [5, 5.41) is 0. The van der Waals surface area contributed by atoms with Crippen LogP contribution in [0, 0.1) is 26.7 Å². The Kier molecular flexibility index (Phi) is 5.14. The number of hydrogen-bond acceptors (Lipinski definition) is 4. The van der Waals surface area contributed by atoms with E-state index in [2.05, 4.69) is 0 Å². The number of sulfonamides is 1. The second kappa shape index (κ2) is 7.02. The molecule has 3 rings (SSSR count). The van der Waals surface area contributed by atoms with Crippen molar-refractivity contribution in [2.24, 2.45) is 5.92 Å². The van der Waals surface area contributed by atoms with Crippen LogP contribution >= 0.6 is 11.3 Å². The van der Waals surface area contributed by atoms with E-state index in [1.54, 1.807) is 6.07 Å². The quantitative estimate of drug-likeness (QED) is 0.758. The fraction of sp³-hybridized carbons (Fsp3) is 0.421. The number of Topliss-reactive ketones (excluding diaryl/α,β-unsaturated/α-hetero) is 1. The van der Waals surface area contributed by atoms with E-state index >= 15 is 0 Å². The monoisotopic (exact) mass is 377 g/mol. The molecular weight excluding hydrogens is 354 g/mol. The van der Waals surface area contributed by atoms with Crippen molar-refractivity contribution < 1.29 is 13.2 Å². The van der Waals surface area contributed by atoms with Crippen LogP contribution in [0.5, 0.6) is 0 Å². The van der Waals surface area contributed by atoms with Crippen LogP contribution in [0.15, 0.2) is 34.5 Å². The Morgan fingerprint density at radius 1 is 1.08 bits per heavy atom. The van der Waals surface area contributed by atoms with E-state index in [0.717, 1.165) is 21.6 Å². The van der Waals surface area contributed by atoms with Crippen LogP contribution in [0.4, 0.5) is 0 Å². The standard InChI is InChI=1S/C19H23NO3S2/c1-13-4-6-17(14(2)12-13)19(21)16-8-10-20(11-9-16)25(22,23)18-7-5-15(3)24-18/h4-7,12,16H,8-11H2,1-3H3. The number of carbonyl (C=O) groups is 1. The van der Waals surface area contributed by atoms with E-state index in [1.165, 1.54) is 15.6 Å². The van der Waals surface area contributed by atoms with Crippen LogP contribution < -0.4 is 0 Å². The van der Waals surface area contributed by atoms with Crippen molar-refractivity contribution in [2.75, 3.05) is 13.1 Å². The van der Waals surface area contributed by atoms with Crippen molar-refractivity contribution in [2.45, 2.75) is 37.8 Å². The number of thiophene rings is 1. The summed E-state index contributed by atoms with van der Waals surface area (Å²) in [5.41, 5.74) is 2.90. The van der Waals surface area contributed by atoms with E-state index in [1.807, 2.05) is 45.0 Å². The summed E-state index contributed by atoms with van der Waals surface area (Å²) in [5.74, 6) is 0.0412. The third-order valence-corrected chi connectivity index (χ3v) is 8.15. The summed E-state index contributed by atoms with van der Waals surface area (Å²) in [4.78, 5) is 13.8. The van der Waals surface area contributed by atoms with Gasteiger partial charge in [0.05, 0.1) is 0 Å². The van der Waals surface area contributed by atoms with Crippen molar-refractivity contribution in [3.63, 3.8) is 0 Å². The van der Waals surface area contributed by atoms with Gasteiger partial charge in [0.1, 0.15) is 4.21 Å². The van der Waals surface area contributed by atoms with E-state index < -0.39 is 10.0 Å². The van der Waals surface area contributed by atoms with Crippen molar-refractivity contribution >= 4 is 27.1 Å². The lowest BCUT2D eigenvalue weighted by Crippen LogP contribution is -2.40. The Morgan fingerprint density at radius 2 is 1.76 bits per heavy atom. The highest BCUT2D eigenvalue weighted by atomic mass is 32.2. The van der Waals surface area contributed by atoms with Crippen molar-refractivity contribution in [3.8, 4) is 0 Å². The highest BCUT2D eigenvalue weighted by molar-refractivity contribution is 7.91. The van der Waals surface area contributed by atoms with Crippen molar-refractivity contribution in [1.82, 2.24) is 4.31 Å². The molecule has 134 valence electrons. The fourth-order valence-electron chi connectivity index (χ4n) is 3.35. The minimum absolute atomic E-state index is 0.0991. The Hall–Kier alpha value is -1.50. The summed E-state index contributed by atoms with van der Waals surface area (Å²) in [7, 11) is -3.43. The van der Waals surface area contributed by atoms with Crippen LogP contribution in [-0.2, 0) is 10.0 Å². The number of benzene rings is 1. The van der Waals surface area contributed by atoms with Gasteiger partial charge in [0.25, 0.3) is 10.0 Å². The average Bonchev–Trinajstić information content (AvgIpc) is 3.02. The predicted molar refractivity (Wildman–Crippen MR) is 101 cm³/mol. The molecule has 6 heteroatoms. The molecule has 1 aromatic heterocycles. The van der Waals surface area contributed by atoms with Crippen LogP contribution in [0.25, 0.3) is 0 Å². The van der Waals surface area contributed by atoms with Gasteiger partial charge < -0.3 is 0 Å². The molecule has 0 N–H and O–H groups in total. The topological polar surface area (TPSA) is 54.5 Å². The Morgan fingerprint density at radius 3 is 2.32 bits per heavy atom. The van der Waals surface area contributed by atoms with E-state index in [-0.39, 0.29) is 11.7 Å². The molecule has 0 amide bonds. The van der Waals surface area contributed by atoms with Gasteiger partial charge in [-0.1, -0.05) is 23.8 Å². The molecule has 0 atom stereocenters. The molecular formula is C19H23NO3S2. The average molecular weight is 378 g/mol. The molecule has 2 heterocycles. The Balaban J connectivity index is 1.70. The first-order valence-electron chi connectivity index (χ1n) is 8.47. The molecule has 25 heavy (non-hydrogen) atoms. The predicted octanol–water partition coefficient (Wildman–Crippen LogP) is 3.96. The van der Waals surface area contributed by atoms with Gasteiger partial charge in [0.15, 0.2) is 5.78 Å². The molecule has 0 spiro atoms. The summed E-state index contributed by atoms with van der Waals surface area (Å²) >= 11 is 1.30.